The number of carbonyl (C=O) groups excluding carboxylic acids is 3. The maximum atomic E-state index is 12.8. The highest BCUT2D eigenvalue weighted by molar-refractivity contribution is 8.18. The number of ether oxygens (including phenoxy) is 3. The minimum Gasteiger partial charge on any atom is -0.494 e. The normalized spacial score (nSPS) is 15.2. The lowest BCUT2D eigenvalue weighted by Gasteiger charge is -2.13. The van der Waals surface area contributed by atoms with Crippen molar-refractivity contribution in [2.75, 3.05) is 26.4 Å². The topological polar surface area (TPSA) is 82.1 Å². The summed E-state index contributed by atoms with van der Waals surface area (Å²) in [5.41, 5.74) is 0.678. The summed E-state index contributed by atoms with van der Waals surface area (Å²) in [7, 11) is 0. The van der Waals surface area contributed by atoms with Crippen LogP contribution in [0.4, 0.5) is 4.79 Å². The number of thioether (sulfide) groups is 1. The van der Waals surface area contributed by atoms with E-state index in [-0.39, 0.29) is 11.5 Å². The van der Waals surface area contributed by atoms with Gasteiger partial charge in [-0.05, 0) is 67.6 Å². The largest absolute Gasteiger partial charge is 0.494 e. The molecule has 0 atom stereocenters. The molecule has 8 heteroatoms. The Balaban J connectivity index is 2.04. The molecule has 0 radical (unpaired) electrons. The Bertz CT molecular complexity index is 1010. The lowest BCUT2D eigenvalue weighted by atomic mass is 10.0. The summed E-state index contributed by atoms with van der Waals surface area (Å²) in [6.45, 7) is 6.19. The Morgan fingerprint density at radius 3 is 2.47 bits per heavy atom. The van der Waals surface area contributed by atoms with Crippen LogP contribution >= 0.6 is 11.8 Å². The van der Waals surface area contributed by atoms with Crippen molar-refractivity contribution in [3.8, 4) is 11.5 Å². The van der Waals surface area contributed by atoms with Crippen LogP contribution in [-0.4, -0.2) is 48.4 Å². The van der Waals surface area contributed by atoms with E-state index in [9.17, 15) is 14.4 Å². The third-order valence-corrected chi connectivity index (χ3v) is 5.25. The quantitative estimate of drug-likeness (QED) is 0.459. The van der Waals surface area contributed by atoms with Gasteiger partial charge in [0.1, 0.15) is 18.0 Å². The zero-order valence-corrected chi connectivity index (χ0v) is 17.9. The summed E-state index contributed by atoms with van der Waals surface area (Å²) in [6, 6.07) is 9.46. The Hall–Kier alpha value is -3.00. The Kier molecular flexibility index (Phi) is 6.99. The number of imide groups is 1. The van der Waals surface area contributed by atoms with Gasteiger partial charge in [0, 0.05) is 5.56 Å². The molecule has 2 aromatic carbocycles. The molecule has 158 valence electrons. The van der Waals surface area contributed by atoms with Gasteiger partial charge in [0.05, 0.1) is 24.7 Å². The summed E-state index contributed by atoms with van der Waals surface area (Å²) < 4.78 is 16.2. The minimum atomic E-state index is -0.623. The molecule has 30 heavy (non-hydrogen) atoms. The standard InChI is InChI=1S/C22H23NO6S/c1-4-27-15-9-7-14-8-10-18(28-5-2)17(16(14)11-15)12-19-21(25)23(22(26)30-19)13-20(24)29-6-3/h7-12H,4-6,13H2,1-3H3/b19-12-. The highest BCUT2D eigenvalue weighted by atomic mass is 32.2. The Labute approximate surface area is 179 Å². The van der Waals surface area contributed by atoms with E-state index in [4.69, 9.17) is 14.2 Å². The summed E-state index contributed by atoms with van der Waals surface area (Å²) in [5.74, 6) is 0.139. The van der Waals surface area contributed by atoms with Crippen molar-refractivity contribution in [3.63, 3.8) is 0 Å². The van der Waals surface area contributed by atoms with Gasteiger partial charge in [-0.1, -0.05) is 12.1 Å². The molecule has 1 saturated heterocycles. The molecule has 0 unspecified atom stereocenters. The van der Waals surface area contributed by atoms with Crippen molar-refractivity contribution < 1.29 is 28.6 Å². The second-order valence-corrected chi connectivity index (χ2v) is 7.29. The zero-order valence-electron chi connectivity index (χ0n) is 17.1. The average Bonchev–Trinajstić information content (AvgIpc) is 2.98. The summed E-state index contributed by atoms with van der Waals surface area (Å²) in [4.78, 5) is 37.9. The lowest BCUT2D eigenvalue weighted by Crippen LogP contribution is -2.34. The molecule has 0 saturated carbocycles. The van der Waals surface area contributed by atoms with Gasteiger partial charge in [-0.25, -0.2) is 0 Å². The van der Waals surface area contributed by atoms with Crippen LogP contribution in [0.15, 0.2) is 35.2 Å². The zero-order chi connectivity index (χ0) is 21.7. The highest BCUT2D eigenvalue weighted by Crippen LogP contribution is 2.37. The van der Waals surface area contributed by atoms with Crippen LogP contribution in [0.3, 0.4) is 0 Å². The molecular weight excluding hydrogens is 406 g/mol. The molecule has 1 fully saturated rings. The molecule has 1 aliphatic heterocycles. The van der Waals surface area contributed by atoms with Gasteiger partial charge in [0.25, 0.3) is 11.1 Å². The van der Waals surface area contributed by atoms with Gasteiger partial charge in [0.2, 0.25) is 0 Å². The molecule has 1 aliphatic rings. The molecule has 2 aromatic rings. The molecule has 0 bridgehead atoms. The van der Waals surface area contributed by atoms with Gasteiger partial charge in [0.15, 0.2) is 0 Å². The number of amides is 2. The van der Waals surface area contributed by atoms with Crippen molar-refractivity contribution in [1.29, 1.82) is 0 Å². The van der Waals surface area contributed by atoms with Gasteiger partial charge < -0.3 is 14.2 Å². The molecule has 1 heterocycles. The SMILES string of the molecule is CCOC(=O)CN1C(=O)S/C(=C\c2c(OCC)ccc3ccc(OCC)cc23)C1=O. The predicted octanol–water partition coefficient (Wildman–Crippen LogP) is 4.24. The molecule has 0 aliphatic carbocycles. The molecule has 0 N–H and O–H groups in total. The maximum Gasteiger partial charge on any atom is 0.326 e. The number of carbonyl (C=O) groups is 3. The van der Waals surface area contributed by atoms with E-state index >= 15 is 0 Å². The monoisotopic (exact) mass is 429 g/mol. The first-order chi connectivity index (χ1) is 14.5. The first-order valence-corrected chi connectivity index (χ1v) is 10.5. The second kappa shape index (κ2) is 9.67. The van der Waals surface area contributed by atoms with Crippen molar-refractivity contribution >= 4 is 45.7 Å². The number of hydrogen-bond acceptors (Lipinski definition) is 7. The van der Waals surface area contributed by atoms with Crippen LogP contribution in [0, 0.1) is 0 Å². The number of rotatable bonds is 8. The Morgan fingerprint density at radius 2 is 1.77 bits per heavy atom. The molecule has 3 rings (SSSR count). The molecular formula is C22H23NO6S. The fourth-order valence-corrected chi connectivity index (χ4v) is 3.91. The van der Waals surface area contributed by atoms with E-state index < -0.39 is 23.7 Å². The summed E-state index contributed by atoms with van der Waals surface area (Å²) >= 11 is 0.790. The smallest absolute Gasteiger partial charge is 0.326 e. The van der Waals surface area contributed by atoms with E-state index in [1.807, 2.05) is 44.2 Å². The summed E-state index contributed by atoms with van der Waals surface area (Å²) in [5, 5.41) is 1.27. The first kappa shape index (κ1) is 21.7. The van der Waals surface area contributed by atoms with Gasteiger partial charge in [-0.15, -0.1) is 0 Å². The second-order valence-electron chi connectivity index (χ2n) is 6.30. The van der Waals surface area contributed by atoms with Crippen LogP contribution in [0.25, 0.3) is 16.8 Å². The van der Waals surface area contributed by atoms with Crippen molar-refractivity contribution in [2.24, 2.45) is 0 Å². The number of fused-ring (bicyclic) bond motifs is 1. The van der Waals surface area contributed by atoms with Crippen LogP contribution in [0.5, 0.6) is 11.5 Å². The maximum absolute atomic E-state index is 12.8. The molecule has 7 nitrogen and oxygen atoms in total. The van der Waals surface area contributed by atoms with Crippen molar-refractivity contribution in [3.05, 3.63) is 40.8 Å². The predicted molar refractivity (Wildman–Crippen MR) is 116 cm³/mol. The Morgan fingerprint density at radius 1 is 1.03 bits per heavy atom. The number of benzene rings is 2. The third-order valence-electron chi connectivity index (χ3n) is 4.35. The third kappa shape index (κ3) is 4.59. The summed E-state index contributed by atoms with van der Waals surface area (Å²) in [6.07, 6.45) is 1.64. The van der Waals surface area contributed by atoms with Gasteiger partial charge >= 0.3 is 5.97 Å². The minimum absolute atomic E-state index is 0.181. The first-order valence-electron chi connectivity index (χ1n) is 9.71. The molecule has 0 spiro atoms. The fourth-order valence-electron chi connectivity index (χ4n) is 3.09. The van der Waals surface area contributed by atoms with E-state index in [1.165, 1.54) is 0 Å². The molecule has 0 aromatic heterocycles. The van der Waals surface area contributed by atoms with Crippen LogP contribution in [0.2, 0.25) is 0 Å². The van der Waals surface area contributed by atoms with Crippen LogP contribution < -0.4 is 9.47 Å². The number of esters is 1. The number of nitrogens with zero attached hydrogens (tertiary/aromatic N) is 1. The van der Waals surface area contributed by atoms with E-state index in [2.05, 4.69) is 0 Å². The number of hydrogen-bond donors (Lipinski definition) is 0. The molecule has 2 amide bonds. The van der Waals surface area contributed by atoms with Gasteiger partial charge in [-0.3, -0.25) is 19.3 Å². The van der Waals surface area contributed by atoms with Crippen molar-refractivity contribution in [2.45, 2.75) is 20.8 Å². The van der Waals surface area contributed by atoms with E-state index in [1.54, 1.807) is 13.0 Å². The van der Waals surface area contributed by atoms with E-state index in [0.717, 1.165) is 27.4 Å². The lowest BCUT2D eigenvalue weighted by molar-refractivity contribution is -0.145. The fraction of sp³-hybridized carbons (Fsp3) is 0.318. The van der Waals surface area contributed by atoms with Crippen LogP contribution in [-0.2, 0) is 14.3 Å². The van der Waals surface area contributed by atoms with E-state index in [0.29, 0.717) is 30.3 Å². The van der Waals surface area contributed by atoms with Crippen LogP contribution in [0.1, 0.15) is 26.3 Å². The van der Waals surface area contributed by atoms with Crippen molar-refractivity contribution in [1.82, 2.24) is 4.90 Å². The van der Waals surface area contributed by atoms with Gasteiger partial charge in [-0.2, -0.15) is 0 Å². The average molecular weight is 429 g/mol. The highest BCUT2D eigenvalue weighted by Gasteiger charge is 2.37.